The van der Waals surface area contributed by atoms with Crippen LogP contribution in [-0.2, 0) is 4.74 Å². The summed E-state index contributed by atoms with van der Waals surface area (Å²) in [6, 6.07) is 3.96. The second kappa shape index (κ2) is 8.35. The highest BCUT2D eigenvalue weighted by molar-refractivity contribution is 6.30. The summed E-state index contributed by atoms with van der Waals surface area (Å²) in [5, 5.41) is 3.04. The predicted molar refractivity (Wildman–Crippen MR) is 81.2 cm³/mol. The zero-order valence-electron chi connectivity index (χ0n) is 12.0. The molecule has 0 saturated heterocycles. The van der Waals surface area contributed by atoms with Gasteiger partial charge in [0.05, 0.1) is 11.7 Å². The third kappa shape index (κ3) is 5.29. The minimum Gasteiger partial charge on any atom is -0.378 e. The Kier molecular flexibility index (Phi) is 6.46. The van der Waals surface area contributed by atoms with Crippen molar-refractivity contribution >= 4 is 17.5 Å². The van der Waals surface area contributed by atoms with Gasteiger partial charge in [0.25, 0.3) is 5.91 Å². The summed E-state index contributed by atoms with van der Waals surface area (Å²) in [4.78, 5) is 11.8. The average molecular weight is 314 g/mol. The van der Waals surface area contributed by atoms with Crippen LogP contribution in [0.1, 0.15) is 48.9 Å². The summed E-state index contributed by atoms with van der Waals surface area (Å²) < 4.78 is 19.3. The molecule has 0 bridgehead atoms. The van der Waals surface area contributed by atoms with Crippen molar-refractivity contribution < 1.29 is 13.9 Å². The maximum Gasteiger partial charge on any atom is 0.254 e. The van der Waals surface area contributed by atoms with Gasteiger partial charge in [0, 0.05) is 18.2 Å². The van der Waals surface area contributed by atoms with Crippen LogP contribution in [0.3, 0.4) is 0 Å². The Balaban J connectivity index is 1.66. The van der Waals surface area contributed by atoms with Crippen molar-refractivity contribution in [1.82, 2.24) is 5.32 Å². The van der Waals surface area contributed by atoms with E-state index in [1.807, 2.05) is 0 Å². The summed E-state index contributed by atoms with van der Waals surface area (Å²) in [7, 11) is 0. The van der Waals surface area contributed by atoms with Crippen LogP contribution < -0.4 is 5.32 Å². The zero-order chi connectivity index (χ0) is 15.1. The lowest BCUT2D eigenvalue weighted by Gasteiger charge is -2.21. The lowest BCUT2D eigenvalue weighted by Crippen LogP contribution is -2.27. The van der Waals surface area contributed by atoms with Gasteiger partial charge in [-0.15, -0.1) is 0 Å². The van der Waals surface area contributed by atoms with Crippen LogP contribution in [0.5, 0.6) is 0 Å². The summed E-state index contributed by atoms with van der Waals surface area (Å²) >= 11 is 5.76. The number of hydrogen-bond donors (Lipinski definition) is 1. The number of amides is 1. The van der Waals surface area contributed by atoms with Gasteiger partial charge in [-0.1, -0.05) is 30.9 Å². The van der Waals surface area contributed by atoms with Crippen molar-refractivity contribution in [3.63, 3.8) is 0 Å². The zero-order valence-corrected chi connectivity index (χ0v) is 12.8. The number of carbonyl (C=O) groups is 1. The van der Waals surface area contributed by atoms with Crippen molar-refractivity contribution in [2.24, 2.45) is 0 Å². The van der Waals surface area contributed by atoms with Gasteiger partial charge in [-0.25, -0.2) is 4.39 Å². The number of ether oxygens (including phenoxy) is 1. The molecule has 0 aromatic heterocycles. The monoisotopic (exact) mass is 313 g/mol. The topological polar surface area (TPSA) is 38.3 Å². The number of hydrogen-bond acceptors (Lipinski definition) is 2. The number of benzene rings is 1. The fourth-order valence-electron chi connectivity index (χ4n) is 2.52. The molecule has 0 spiro atoms. The van der Waals surface area contributed by atoms with Gasteiger partial charge < -0.3 is 10.1 Å². The van der Waals surface area contributed by atoms with E-state index in [1.54, 1.807) is 0 Å². The van der Waals surface area contributed by atoms with Crippen molar-refractivity contribution in [3.8, 4) is 0 Å². The van der Waals surface area contributed by atoms with E-state index in [1.165, 1.54) is 37.5 Å². The molecule has 1 aliphatic carbocycles. The van der Waals surface area contributed by atoms with E-state index >= 15 is 0 Å². The lowest BCUT2D eigenvalue weighted by atomic mass is 9.98. The fourth-order valence-corrected chi connectivity index (χ4v) is 2.69. The Morgan fingerprint density at radius 1 is 1.33 bits per heavy atom. The van der Waals surface area contributed by atoms with Gasteiger partial charge >= 0.3 is 0 Å². The molecule has 3 nitrogen and oxygen atoms in total. The predicted octanol–water partition coefficient (Wildman–Crippen LogP) is 3.95. The van der Waals surface area contributed by atoms with Gasteiger partial charge in [0.1, 0.15) is 5.82 Å². The lowest BCUT2D eigenvalue weighted by molar-refractivity contribution is 0.0273. The van der Waals surface area contributed by atoms with Crippen LogP contribution in [0.15, 0.2) is 18.2 Å². The smallest absolute Gasteiger partial charge is 0.254 e. The third-order valence-electron chi connectivity index (χ3n) is 3.69. The first-order valence-electron chi connectivity index (χ1n) is 7.51. The van der Waals surface area contributed by atoms with E-state index in [-0.39, 0.29) is 5.56 Å². The number of rotatable bonds is 6. The summed E-state index contributed by atoms with van der Waals surface area (Å²) in [6.45, 7) is 1.10. The fraction of sp³-hybridized carbons (Fsp3) is 0.562. The molecule has 1 aromatic rings. The molecule has 5 heteroatoms. The molecule has 1 amide bonds. The van der Waals surface area contributed by atoms with E-state index < -0.39 is 11.7 Å². The van der Waals surface area contributed by atoms with E-state index in [0.717, 1.165) is 19.3 Å². The normalized spacial score (nSPS) is 15.9. The molecule has 0 unspecified atom stereocenters. The van der Waals surface area contributed by atoms with Crippen molar-refractivity contribution in [2.75, 3.05) is 13.2 Å². The molecule has 1 aliphatic rings. The van der Waals surface area contributed by atoms with Crippen LogP contribution in [0, 0.1) is 5.82 Å². The standard InChI is InChI=1S/C16H21ClFNO2/c17-12-7-8-15(18)14(11-12)16(20)19-9-4-10-21-13-5-2-1-3-6-13/h7-8,11,13H,1-6,9-10H2,(H,19,20). The highest BCUT2D eigenvalue weighted by atomic mass is 35.5. The molecule has 0 aliphatic heterocycles. The number of halogens is 2. The molecular weight excluding hydrogens is 293 g/mol. The summed E-state index contributed by atoms with van der Waals surface area (Å²) in [6.07, 6.45) is 7.18. The Bertz CT molecular complexity index is 475. The van der Waals surface area contributed by atoms with Gasteiger partial charge in [-0.3, -0.25) is 4.79 Å². The molecular formula is C16H21ClFNO2. The first kappa shape index (κ1) is 16.2. The molecule has 1 N–H and O–H groups in total. The summed E-state index contributed by atoms with van der Waals surface area (Å²) in [5.74, 6) is -0.997. The first-order valence-corrected chi connectivity index (χ1v) is 7.89. The second-order valence-electron chi connectivity index (χ2n) is 5.36. The molecule has 2 rings (SSSR count). The minimum atomic E-state index is -0.560. The van der Waals surface area contributed by atoms with Crippen molar-refractivity contribution in [3.05, 3.63) is 34.6 Å². The van der Waals surface area contributed by atoms with Crippen LogP contribution >= 0.6 is 11.6 Å². The average Bonchev–Trinajstić information content (AvgIpc) is 2.50. The van der Waals surface area contributed by atoms with Crippen LogP contribution in [-0.4, -0.2) is 25.2 Å². The maximum absolute atomic E-state index is 13.5. The van der Waals surface area contributed by atoms with Crippen molar-refractivity contribution in [2.45, 2.75) is 44.6 Å². The Morgan fingerprint density at radius 3 is 2.86 bits per heavy atom. The van der Waals surface area contributed by atoms with Gasteiger partial charge in [-0.05, 0) is 37.5 Å². The molecule has 1 saturated carbocycles. The second-order valence-corrected chi connectivity index (χ2v) is 5.80. The van der Waals surface area contributed by atoms with E-state index in [0.29, 0.717) is 24.3 Å². The summed E-state index contributed by atoms with van der Waals surface area (Å²) in [5.41, 5.74) is -0.0179. The van der Waals surface area contributed by atoms with E-state index in [9.17, 15) is 9.18 Å². The Hall–Kier alpha value is -1.13. The van der Waals surface area contributed by atoms with Gasteiger partial charge in [0.15, 0.2) is 0 Å². The quantitative estimate of drug-likeness (QED) is 0.808. The SMILES string of the molecule is O=C(NCCCOC1CCCCC1)c1cc(Cl)ccc1F. The van der Waals surface area contributed by atoms with Crippen LogP contribution in [0.25, 0.3) is 0 Å². The molecule has 116 valence electrons. The highest BCUT2D eigenvalue weighted by Gasteiger charge is 2.14. The van der Waals surface area contributed by atoms with Gasteiger partial charge in [0.2, 0.25) is 0 Å². The first-order chi connectivity index (χ1) is 10.2. The van der Waals surface area contributed by atoms with Crippen LogP contribution in [0.2, 0.25) is 5.02 Å². The van der Waals surface area contributed by atoms with Gasteiger partial charge in [-0.2, -0.15) is 0 Å². The number of carbonyl (C=O) groups excluding carboxylic acids is 1. The Labute approximate surface area is 129 Å². The molecule has 1 fully saturated rings. The highest BCUT2D eigenvalue weighted by Crippen LogP contribution is 2.20. The molecule has 0 heterocycles. The largest absolute Gasteiger partial charge is 0.378 e. The minimum absolute atomic E-state index is 0.0179. The van der Waals surface area contributed by atoms with E-state index in [2.05, 4.69) is 5.32 Å². The third-order valence-corrected chi connectivity index (χ3v) is 3.92. The van der Waals surface area contributed by atoms with Crippen LogP contribution in [0.4, 0.5) is 4.39 Å². The van der Waals surface area contributed by atoms with Crippen molar-refractivity contribution in [1.29, 1.82) is 0 Å². The van der Waals surface area contributed by atoms with E-state index in [4.69, 9.17) is 16.3 Å². The number of nitrogens with one attached hydrogen (secondary N) is 1. The molecule has 0 atom stereocenters. The maximum atomic E-state index is 13.5. The molecule has 1 aromatic carbocycles. The molecule has 21 heavy (non-hydrogen) atoms. The Morgan fingerprint density at radius 2 is 2.10 bits per heavy atom. The molecule has 0 radical (unpaired) electrons.